The molecule has 9 heteroatoms. The first kappa shape index (κ1) is 35.5. The van der Waals surface area contributed by atoms with Crippen LogP contribution in [0.1, 0.15) is 71.1 Å². The van der Waals surface area contributed by atoms with Crippen molar-refractivity contribution in [2.75, 3.05) is 47.5 Å². The van der Waals surface area contributed by atoms with Crippen molar-refractivity contribution < 1.29 is 37.6 Å². The van der Waals surface area contributed by atoms with Gasteiger partial charge in [-0.15, -0.1) is 0 Å². The minimum atomic E-state index is -4.28. The lowest BCUT2D eigenvalue weighted by molar-refractivity contribution is -0.870. The normalized spacial score (nSPS) is 15.3. The predicted molar refractivity (Wildman–Crippen MR) is 150 cm³/mol. The largest absolute Gasteiger partial charge is 0.472 e. The topological polar surface area (TPSA) is 102 Å². The van der Waals surface area contributed by atoms with Gasteiger partial charge in [0.1, 0.15) is 19.3 Å². The molecule has 8 nitrogen and oxygen atoms in total. The van der Waals surface area contributed by atoms with Crippen LogP contribution in [0.25, 0.3) is 0 Å². The van der Waals surface area contributed by atoms with Crippen molar-refractivity contribution in [2.24, 2.45) is 0 Å². The summed E-state index contributed by atoms with van der Waals surface area (Å²) in [5, 5.41) is 9.38. The van der Waals surface area contributed by atoms with Crippen molar-refractivity contribution in [1.82, 2.24) is 0 Å². The van der Waals surface area contributed by atoms with Crippen LogP contribution in [0, 0.1) is 0 Å². The van der Waals surface area contributed by atoms with E-state index in [4.69, 9.17) is 13.8 Å². The molecular weight excluding hydrogens is 493 g/mol. The number of carbonyl (C=O) groups excluding carboxylic acids is 1. The highest BCUT2D eigenvalue weighted by Crippen LogP contribution is 2.43. The molecule has 0 rings (SSSR count). The summed E-state index contributed by atoms with van der Waals surface area (Å²) >= 11 is 0. The highest BCUT2D eigenvalue weighted by molar-refractivity contribution is 7.47. The number of likely N-dealkylation sites (N-methyl/N-ethyl adjacent to an activating group) is 1. The Hall–Kier alpha value is -1.54. The zero-order chi connectivity index (χ0) is 27.8. The molecule has 0 aliphatic carbocycles. The monoisotopic (exact) mass is 544 g/mol. The molecule has 0 saturated heterocycles. The van der Waals surface area contributed by atoms with Crippen LogP contribution >= 0.6 is 7.82 Å². The Balaban J connectivity index is 3.91. The van der Waals surface area contributed by atoms with E-state index in [-0.39, 0.29) is 13.0 Å². The van der Waals surface area contributed by atoms with Crippen LogP contribution in [-0.2, 0) is 23.1 Å². The molecule has 0 aromatic carbocycles. The molecule has 0 aromatic rings. The molecule has 0 amide bonds. The number of nitrogens with zero attached hydrogens (tertiary/aromatic N) is 1. The molecule has 0 heterocycles. The van der Waals surface area contributed by atoms with Gasteiger partial charge in [0.05, 0.1) is 34.4 Å². The molecule has 0 aliphatic rings. The number of aliphatic hydroxyl groups excluding tert-OH is 1. The molecular formula is C28H51NO7P+. The van der Waals surface area contributed by atoms with E-state index in [0.29, 0.717) is 17.4 Å². The van der Waals surface area contributed by atoms with Crippen LogP contribution in [0.5, 0.6) is 0 Å². The van der Waals surface area contributed by atoms with Gasteiger partial charge in [-0.3, -0.25) is 13.8 Å². The number of ether oxygens (including phenoxy) is 1. The number of phosphoric ester groups is 1. The van der Waals surface area contributed by atoms with Crippen molar-refractivity contribution in [3.63, 3.8) is 0 Å². The SMILES string of the molecule is CCCCCC=CCC=CCC=CCC=CCCCC(=O)O[C@@H](CO)COP(=O)(O)OCC[N+](C)(C)C. The zero-order valence-electron chi connectivity index (χ0n) is 23.4. The number of quaternary nitrogens is 1. The summed E-state index contributed by atoms with van der Waals surface area (Å²) in [5.41, 5.74) is 0. The highest BCUT2D eigenvalue weighted by atomic mass is 31.2. The van der Waals surface area contributed by atoms with Crippen LogP contribution in [-0.4, -0.2) is 74.1 Å². The fourth-order valence-corrected chi connectivity index (χ4v) is 3.68. The van der Waals surface area contributed by atoms with Gasteiger partial charge < -0.3 is 19.2 Å². The Morgan fingerprint density at radius 1 is 0.865 bits per heavy atom. The Kier molecular flexibility index (Phi) is 21.5. The number of carbonyl (C=O) groups is 1. The summed E-state index contributed by atoms with van der Waals surface area (Å²) in [6.07, 6.45) is 25.5. The van der Waals surface area contributed by atoms with Crippen LogP contribution in [0.2, 0.25) is 0 Å². The number of hydrogen-bond acceptors (Lipinski definition) is 6. The van der Waals surface area contributed by atoms with Gasteiger partial charge in [0.2, 0.25) is 0 Å². The number of rotatable bonds is 23. The van der Waals surface area contributed by atoms with Crippen molar-refractivity contribution in [1.29, 1.82) is 0 Å². The van der Waals surface area contributed by atoms with Gasteiger partial charge in [-0.1, -0.05) is 68.4 Å². The molecule has 2 atom stereocenters. The lowest BCUT2D eigenvalue weighted by Crippen LogP contribution is -2.37. The van der Waals surface area contributed by atoms with Crippen molar-refractivity contribution in [3.8, 4) is 0 Å². The van der Waals surface area contributed by atoms with E-state index in [1.54, 1.807) is 0 Å². The molecule has 0 aromatic heterocycles. The molecule has 0 fully saturated rings. The molecule has 1 unspecified atom stereocenters. The average Bonchev–Trinajstić information content (AvgIpc) is 2.82. The second-order valence-corrected chi connectivity index (χ2v) is 11.3. The molecule has 37 heavy (non-hydrogen) atoms. The van der Waals surface area contributed by atoms with Gasteiger partial charge in [0.25, 0.3) is 0 Å². The summed E-state index contributed by atoms with van der Waals surface area (Å²) < 4.78 is 27.4. The third-order valence-corrected chi connectivity index (χ3v) is 6.14. The van der Waals surface area contributed by atoms with E-state index >= 15 is 0 Å². The third kappa shape index (κ3) is 25.9. The lowest BCUT2D eigenvalue weighted by atomic mass is 10.2. The fourth-order valence-electron chi connectivity index (χ4n) is 2.94. The zero-order valence-corrected chi connectivity index (χ0v) is 24.3. The van der Waals surface area contributed by atoms with E-state index in [1.807, 2.05) is 27.2 Å². The van der Waals surface area contributed by atoms with Crippen LogP contribution in [0.3, 0.4) is 0 Å². The second-order valence-electron chi connectivity index (χ2n) is 9.89. The third-order valence-electron chi connectivity index (χ3n) is 5.15. The molecule has 0 spiro atoms. The first-order valence-electron chi connectivity index (χ1n) is 13.4. The smallest absolute Gasteiger partial charge is 0.457 e. The first-order valence-corrected chi connectivity index (χ1v) is 14.9. The van der Waals surface area contributed by atoms with Gasteiger partial charge in [-0.05, 0) is 44.9 Å². The van der Waals surface area contributed by atoms with E-state index in [1.165, 1.54) is 25.7 Å². The number of allylic oxidation sites excluding steroid dienone is 8. The van der Waals surface area contributed by atoms with E-state index in [0.717, 1.165) is 25.7 Å². The van der Waals surface area contributed by atoms with Crippen molar-refractivity contribution in [2.45, 2.75) is 77.2 Å². The Bertz CT molecular complexity index is 741. The van der Waals surface area contributed by atoms with Crippen molar-refractivity contribution in [3.05, 3.63) is 48.6 Å². The minimum absolute atomic E-state index is 0.0400. The summed E-state index contributed by atoms with van der Waals surface area (Å²) in [4.78, 5) is 21.7. The summed E-state index contributed by atoms with van der Waals surface area (Å²) in [7, 11) is 1.50. The highest BCUT2D eigenvalue weighted by Gasteiger charge is 2.25. The van der Waals surface area contributed by atoms with E-state index < -0.39 is 33.1 Å². The Morgan fingerprint density at radius 3 is 1.92 bits per heavy atom. The molecule has 214 valence electrons. The molecule has 0 bridgehead atoms. The number of hydrogen-bond donors (Lipinski definition) is 2. The van der Waals surface area contributed by atoms with Gasteiger partial charge in [0.15, 0.2) is 0 Å². The van der Waals surface area contributed by atoms with Crippen LogP contribution < -0.4 is 0 Å². The summed E-state index contributed by atoms with van der Waals surface area (Å²) in [6, 6.07) is 0. The second kappa shape index (κ2) is 22.4. The number of unbranched alkanes of at least 4 members (excludes halogenated alkanes) is 4. The number of esters is 1. The van der Waals surface area contributed by atoms with Crippen molar-refractivity contribution >= 4 is 13.8 Å². The molecule has 0 saturated carbocycles. The maximum atomic E-state index is 12.0. The summed E-state index contributed by atoms with van der Waals surface area (Å²) in [6.45, 7) is 1.85. The number of aliphatic hydroxyl groups is 1. The van der Waals surface area contributed by atoms with Crippen LogP contribution in [0.15, 0.2) is 48.6 Å². The van der Waals surface area contributed by atoms with Gasteiger partial charge in [-0.25, -0.2) is 4.57 Å². The average molecular weight is 545 g/mol. The Labute approximate surface area is 224 Å². The maximum absolute atomic E-state index is 12.0. The minimum Gasteiger partial charge on any atom is -0.457 e. The lowest BCUT2D eigenvalue weighted by Gasteiger charge is -2.24. The molecule has 0 radical (unpaired) electrons. The first-order chi connectivity index (χ1) is 17.6. The molecule has 0 aliphatic heterocycles. The fraction of sp³-hybridized carbons (Fsp3) is 0.679. The van der Waals surface area contributed by atoms with Gasteiger partial charge in [0, 0.05) is 6.42 Å². The quantitative estimate of drug-likeness (QED) is 0.0545. The number of phosphoric acid groups is 1. The predicted octanol–water partition coefficient (Wildman–Crippen LogP) is 5.88. The Morgan fingerprint density at radius 2 is 1.41 bits per heavy atom. The molecule has 2 N–H and O–H groups in total. The van der Waals surface area contributed by atoms with Gasteiger partial charge in [-0.2, -0.15) is 0 Å². The van der Waals surface area contributed by atoms with Crippen LogP contribution in [0.4, 0.5) is 0 Å². The van der Waals surface area contributed by atoms with E-state index in [9.17, 15) is 19.4 Å². The van der Waals surface area contributed by atoms with E-state index in [2.05, 4.69) is 49.5 Å². The standard InChI is InChI=1S/C28H50NO7P/c1-5-6-7-8-9-10-11-12-13-14-15-16-17-18-19-20-21-22-28(31)36-27(25-30)26-35-37(32,33)34-24-23-29(2,3)4/h9-10,12-13,15-16,18-19,27,30H,5-8,11,14,17,20-26H2,1-4H3/p+1/t27-/m0/s1. The summed E-state index contributed by atoms with van der Waals surface area (Å²) in [5.74, 6) is -0.489. The van der Waals surface area contributed by atoms with Gasteiger partial charge >= 0.3 is 13.8 Å². The maximum Gasteiger partial charge on any atom is 0.472 e.